The molecular weight excluding hydrogens is 605 g/mol. The second-order valence-electron chi connectivity index (χ2n) is 12.8. The number of phosphoric acid groups is 1. The van der Waals surface area contributed by atoms with Gasteiger partial charge in [0.05, 0.1) is 13.2 Å². The molecule has 3 N–H and O–H groups in total. The smallest absolute Gasteiger partial charge is 0.462 e. The zero-order chi connectivity index (χ0) is 34.0. The number of hydrogen-bond acceptors (Lipinski definition) is 8. The van der Waals surface area contributed by atoms with Crippen molar-refractivity contribution in [2.75, 3.05) is 26.4 Å². The Morgan fingerprint density at radius 1 is 0.565 bits per heavy atom. The van der Waals surface area contributed by atoms with Gasteiger partial charge >= 0.3 is 19.8 Å². The van der Waals surface area contributed by atoms with Gasteiger partial charge in [-0.15, -0.1) is 0 Å². The number of carbonyl (C=O) groups excluding carboxylic acids is 2. The fourth-order valence-corrected chi connectivity index (χ4v) is 6.16. The van der Waals surface area contributed by atoms with E-state index in [-0.39, 0.29) is 38.6 Å². The van der Waals surface area contributed by atoms with Crippen LogP contribution in [0.3, 0.4) is 0 Å². The molecule has 0 aliphatic heterocycles. The number of rotatable bonds is 36. The predicted molar refractivity (Wildman–Crippen MR) is 188 cm³/mol. The van der Waals surface area contributed by atoms with Crippen LogP contribution in [0.2, 0.25) is 0 Å². The van der Waals surface area contributed by atoms with Gasteiger partial charge in [0.1, 0.15) is 6.61 Å². The van der Waals surface area contributed by atoms with Crippen LogP contribution < -0.4 is 5.73 Å². The molecule has 0 bridgehead atoms. The highest BCUT2D eigenvalue weighted by atomic mass is 31.2. The molecule has 2 atom stereocenters. The molecule has 0 aromatic heterocycles. The normalized spacial score (nSPS) is 13.4. The van der Waals surface area contributed by atoms with E-state index in [1.165, 1.54) is 122 Å². The number of unbranched alkanes of at least 4 members (excludes halogenated alkanes) is 23. The summed E-state index contributed by atoms with van der Waals surface area (Å²) in [7, 11) is -4.36. The molecule has 10 heteroatoms. The van der Waals surface area contributed by atoms with Crippen LogP contribution in [0.25, 0.3) is 0 Å². The van der Waals surface area contributed by atoms with Gasteiger partial charge < -0.3 is 20.1 Å². The molecule has 0 fully saturated rings. The second-order valence-corrected chi connectivity index (χ2v) is 14.3. The van der Waals surface area contributed by atoms with Crippen LogP contribution in [0.4, 0.5) is 0 Å². The third-order valence-corrected chi connectivity index (χ3v) is 9.23. The van der Waals surface area contributed by atoms with E-state index in [4.69, 9.17) is 24.3 Å². The maximum absolute atomic E-state index is 12.5. The molecule has 0 spiro atoms. The molecule has 0 saturated heterocycles. The molecule has 0 saturated carbocycles. The molecule has 0 aromatic rings. The molecule has 0 heterocycles. The van der Waals surface area contributed by atoms with Crippen LogP contribution in [0.15, 0.2) is 0 Å². The SMILES string of the molecule is CCCCCCCCCCCCCCCCCCCCC(=O)O[C@H](COC(=O)CCCCCCCCC)COP(=O)(O)OCCN. The lowest BCUT2D eigenvalue weighted by Crippen LogP contribution is -2.29. The Bertz CT molecular complexity index is 739. The maximum Gasteiger partial charge on any atom is 0.472 e. The molecule has 274 valence electrons. The average Bonchev–Trinajstić information content (AvgIpc) is 3.04. The molecule has 0 aliphatic rings. The topological polar surface area (TPSA) is 134 Å². The van der Waals surface area contributed by atoms with Gasteiger partial charge in [-0.1, -0.05) is 162 Å². The van der Waals surface area contributed by atoms with E-state index in [9.17, 15) is 19.0 Å². The Balaban J connectivity index is 4.07. The highest BCUT2D eigenvalue weighted by Gasteiger charge is 2.25. The first kappa shape index (κ1) is 45.0. The predicted octanol–water partition coefficient (Wildman–Crippen LogP) is 10.1. The minimum absolute atomic E-state index is 0.0575. The lowest BCUT2D eigenvalue weighted by atomic mass is 10.0. The summed E-state index contributed by atoms with van der Waals surface area (Å²) >= 11 is 0. The van der Waals surface area contributed by atoms with E-state index in [2.05, 4.69) is 13.8 Å². The van der Waals surface area contributed by atoms with Gasteiger partial charge in [-0.25, -0.2) is 4.57 Å². The largest absolute Gasteiger partial charge is 0.472 e. The van der Waals surface area contributed by atoms with E-state index in [0.717, 1.165) is 32.1 Å². The van der Waals surface area contributed by atoms with Crippen molar-refractivity contribution in [3.05, 3.63) is 0 Å². The van der Waals surface area contributed by atoms with Gasteiger partial charge in [0.2, 0.25) is 0 Å². The molecule has 0 amide bonds. The Kier molecular flexibility index (Phi) is 33.2. The Hall–Kier alpha value is -0.990. The third kappa shape index (κ3) is 32.9. The number of esters is 2. The summed E-state index contributed by atoms with van der Waals surface area (Å²) in [6.07, 6.45) is 30.1. The molecule has 1 unspecified atom stereocenters. The summed E-state index contributed by atoms with van der Waals surface area (Å²) in [4.78, 5) is 34.5. The molecule has 0 rings (SSSR count). The number of phosphoric ester groups is 1. The Morgan fingerprint density at radius 2 is 0.935 bits per heavy atom. The van der Waals surface area contributed by atoms with Crippen LogP contribution in [0.5, 0.6) is 0 Å². The molecular formula is C36H72NO8P. The zero-order valence-electron chi connectivity index (χ0n) is 29.8. The van der Waals surface area contributed by atoms with Crippen molar-refractivity contribution < 1.29 is 37.6 Å². The standard InChI is InChI=1S/C36H72NO8P/c1-3-5-7-9-11-12-13-14-15-16-17-18-19-20-21-23-25-27-29-36(39)45-34(33-44-46(40,41)43-31-30-37)32-42-35(38)28-26-24-22-10-8-6-4-2/h34H,3-33,37H2,1-2H3,(H,40,41)/t34-/m1/s1. The van der Waals surface area contributed by atoms with Crippen molar-refractivity contribution in [1.29, 1.82) is 0 Å². The highest BCUT2D eigenvalue weighted by molar-refractivity contribution is 7.47. The van der Waals surface area contributed by atoms with Crippen molar-refractivity contribution in [2.45, 2.75) is 193 Å². The van der Waals surface area contributed by atoms with Gasteiger partial charge in [0.15, 0.2) is 6.10 Å². The summed E-state index contributed by atoms with van der Waals surface area (Å²) in [6.45, 7) is 3.70. The number of ether oxygens (including phenoxy) is 2. The van der Waals surface area contributed by atoms with Crippen molar-refractivity contribution >= 4 is 19.8 Å². The van der Waals surface area contributed by atoms with Crippen LogP contribution in [-0.4, -0.2) is 49.3 Å². The van der Waals surface area contributed by atoms with Crippen LogP contribution >= 0.6 is 7.82 Å². The van der Waals surface area contributed by atoms with Gasteiger partial charge in [0, 0.05) is 19.4 Å². The minimum Gasteiger partial charge on any atom is -0.462 e. The zero-order valence-corrected chi connectivity index (χ0v) is 30.7. The fraction of sp³-hybridized carbons (Fsp3) is 0.944. The first-order valence-corrected chi connectivity index (χ1v) is 20.5. The van der Waals surface area contributed by atoms with E-state index >= 15 is 0 Å². The van der Waals surface area contributed by atoms with Crippen molar-refractivity contribution in [3.63, 3.8) is 0 Å². The summed E-state index contributed by atoms with van der Waals surface area (Å²) in [5, 5.41) is 0. The first-order chi connectivity index (χ1) is 22.3. The van der Waals surface area contributed by atoms with Crippen LogP contribution in [0.1, 0.15) is 187 Å². The van der Waals surface area contributed by atoms with E-state index in [1.54, 1.807) is 0 Å². The van der Waals surface area contributed by atoms with Gasteiger partial charge in [-0.05, 0) is 12.8 Å². The summed E-state index contributed by atoms with van der Waals surface area (Å²) in [5.74, 6) is -0.825. The maximum atomic E-state index is 12.5. The van der Waals surface area contributed by atoms with E-state index in [0.29, 0.717) is 6.42 Å². The number of nitrogens with two attached hydrogens (primary N) is 1. The number of carbonyl (C=O) groups is 2. The summed E-state index contributed by atoms with van der Waals surface area (Å²) in [5.41, 5.74) is 5.32. The molecule has 0 aliphatic carbocycles. The lowest BCUT2D eigenvalue weighted by molar-refractivity contribution is -0.161. The quantitative estimate of drug-likeness (QED) is 0.0377. The van der Waals surface area contributed by atoms with Gasteiger partial charge in [-0.3, -0.25) is 18.6 Å². The summed E-state index contributed by atoms with van der Waals surface area (Å²) in [6, 6.07) is 0. The van der Waals surface area contributed by atoms with Crippen molar-refractivity contribution in [3.8, 4) is 0 Å². The third-order valence-electron chi connectivity index (χ3n) is 8.24. The molecule has 46 heavy (non-hydrogen) atoms. The average molecular weight is 678 g/mol. The summed E-state index contributed by atoms with van der Waals surface area (Å²) < 4.78 is 32.5. The number of hydrogen-bond donors (Lipinski definition) is 2. The molecule has 0 radical (unpaired) electrons. The first-order valence-electron chi connectivity index (χ1n) is 19.0. The fourth-order valence-electron chi connectivity index (χ4n) is 5.40. The minimum atomic E-state index is -4.36. The van der Waals surface area contributed by atoms with E-state index < -0.39 is 26.5 Å². The Morgan fingerprint density at radius 3 is 1.33 bits per heavy atom. The van der Waals surface area contributed by atoms with E-state index in [1.807, 2.05) is 0 Å². The van der Waals surface area contributed by atoms with Gasteiger partial charge in [-0.2, -0.15) is 0 Å². The van der Waals surface area contributed by atoms with Crippen molar-refractivity contribution in [1.82, 2.24) is 0 Å². The monoisotopic (exact) mass is 677 g/mol. The molecule has 9 nitrogen and oxygen atoms in total. The van der Waals surface area contributed by atoms with Crippen LogP contribution in [-0.2, 0) is 32.7 Å². The second kappa shape index (κ2) is 33.9. The highest BCUT2D eigenvalue weighted by Crippen LogP contribution is 2.43. The van der Waals surface area contributed by atoms with Gasteiger partial charge in [0.25, 0.3) is 0 Å². The molecule has 0 aromatic carbocycles. The lowest BCUT2D eigenvalue weighted by Gasteiger charge is -2.19. The van der Waals surface area contributed by atoms with Crippen LogP contribution in [0, 0.1) is 0 Å². The Labute approximate surface area is 282 Å². The van der Waals surface area contributed by atoms with Crippen molar-refractivity contribution in [2.24, 2.45) is 5.73 Å².